The van der Waals surface area contributed by atoms with Gasteiger partial charge < -0.3 is 19.3 Å². The van der Waals surface area contributed by atoms with Gasteiger partial charge in [-0.05, 0) is 5.92 Å². The number of ether oxygens (including phenoxy) is 2. The van der Waals surface area contributed by atoms with E-state index in [2.05, 4.69) is 13.8 Å². The van der Waals surface area contributed by atoms with E-state index in [1.807, 2.05) is 0 Å². The second-order valence-corrected chi connectivity index (χ2v) is 6.11. The minimum Gasteiger partial charge on any atom is -0.493 e. The number of carbonyl (C=O) groups is 1. The SMILES string of the molecule is COc1cc(N2CCN(CC(C)C)C(=O)C2)c([N+](=O)[O-])cc1OC. The molecule has 8 nitrogen and oxygen atoms in total. The maximum absolute atomic E-state index is 12.3. The van der Waals surface area contributed by atoms with E-state index >= 15 is 0 Å². The molecule has 1 amide bonds. The highest BCUT2D eigenvalue weighted by Crippen LogP contribution is 2.39. The Kier molecular flexibility index (Phi) is 5.48. The topological polar surface area (TPSA) is 85.2 Å². The molecule has 0 aromatic heterocycles. The first-order valence-corrected chi connectivity index (χ1v) is 7.80. The summed E-state index contributed by atoms with van der Waals surface area (Å²) in [4.78, 5) is 26.8. The number of nitro benzene ring substituents is 1. The molecule has 0 atom stereocenters. The molecule has 1 fully saturated rings. The maximum Gasteiger partial charge on any atom is 0.296 e. The van der Waals surface area contributed by atoms with Gasteiger partial charge in [0, 0.05) is 25.7 Å². The van der Waals surface area contributed by atoms with Gasteiger partial charge in [0.2, 0.25) is 5.91 Å². The quantitative estimate of drug-likeness (QED) is 0.582. The van der Waals surface area contributed by atoms with Crippen molar-refractivity contribution < 1.29 is 19.2 Å². The van der Waals surface area contributed by atoms with E-state index in [1.165, 1.54) is 20.3 Å². The van der Waals surface area contributed by atoms with Gasteiger partial charge in [-0.3, -0.25) is 14.9 Å². The predicted molar refractivity (Wildman–Crippen MR) is 89.8 cm³/mol. The lowest BCUT2D eigenvalue weighted by Gasteiger charge is -2.36. The number of piperazine rings is 1. The minimum atomic E-state index is -0.470. The van der Waals surface area contributed by atoms with Crippen molar-refractivity contribution in [3.63, 3.8) is 0 Å². The molecule has 1 aliphatic rings. The molecule has 8 heteroatoms. The predicted octanol–water partition coefficient (Wildman–Crippen LogP) is 1.92. The third-order valence-corrected chi connectivity index (χ3v) is 3.92. The van der Waals surface area contributed by atoms with Crippen LogP contribution in [0.25, 0.3) is 0 Å². The fourth-order valence-electron chi connectivity index (χ4n) is 2.80. The van der Waals surface area contributed by atoms with E-state index in [-0.39, 0.29) is 23.9 Å². The van der Waals surface area contributed by atoms with E-state index in [9.17, 15) is 14.9 Å². The van der Waals surface area contributed by atoms with Crippen LogP contribution < -0.4 is 14.4 Å². The molecule has 0 spiro atoms. The Hall–Kier alpha value is -2.51. The van der Waals surface area contributed by atoms with Gasteiger partial charge in [0.25, 0.3) is 5.69 Å². The van der Waals surface area contributed by atoms with Crippen molar-refractivity contribution in [2.24, 2.45) is 5.92 Å². The number of carbonyl (C=O) groups excluding carboxylic acids is 1. The van der Waals surface area contributed by atoms with Crippen molar-refractivity contribution in [2.75, 3.05) is 45.3 Å². The highest BCUT2D eigenvalue weighted by atomic mass is 16.6. The largest absolute Gasteiger partial charge is 0.493 e. The van der Waals surface area contributed by atoms with Gasteiger partial charge in [0.1, 0.15) is 5.69 Å². The Morgan fingerprint density at radius 1 is 1.21 bits per heavy atom. The molecule has 2 rings (SSSR count). The molecule has 1 aromatic rings. The van der Waals surface area contributed by atoms with E-state index in [4.69, 9.17) is 9.47 Å². The van der Waals surface area contributed by atoms with Crippen LogP contribution in [-0.4, -0.2) is 56.1 Å². The summed E-state index contributed by atoms with van der Waals surface area (Å²) in [5, 5.41) is 11.4. The molecule has 24 heavy (non-hydrogen) atoms. The fraction of sp³-hybridized carbons (Fsp3) is 0.562. The first-order chi connectivity index (χ1) is 11.4. The maximum atomic E-state index is 12.3. The molecule has 0 radical (unpaired) electrons. The third-order valence-electron chi connectivity index (χ3n) is 3.92. The van der Waals surface area contributed by atoms with Crippen LogP contribution in [0.1, 0.15) is 13.8 Å². The van der Waals surface area contributed by atoms with Gasteiger partial charge in [0.15, 0.2) is 11.5 Å². The van der Waals surface area contributed by atoms with Gasteiger partial charge >= 0.3 is 0 Å². The van der Waals surface area contributed by atoms with E-state index < -0.39 is 4.92 Å². The van der Waals surface area contributed by atoms with Crippen LogP contribution in [0.2, 0.25) is 0 Å². The van der Waals surface area contributed by atoms with Crippen molar-refractivity contribution in [1.82, 2.24) is 4.90 Å². The highest BCUT2D eigenvalue weighted by molar-refractivity contribution is 5.84. The van der Waals surface area contributed by atoms with Crippen molar-refractivity contribution in [3.05, 3.63) is 22.2 Å². The lowest BCUT2D eigenvalue weighted by molar-refractivity contribution is -0.384. The van der Waals surface area contributed by atoms with Crippen LogP contribution in [0, 0.1) is 16.0 Å². The number of nitro groups is 1. The van der Waals surface area contributed by atoms with Gasteiger partial charge in [-0.2, -0.15) is 0 Å². The molecule has 132 valence electrons. The molecule has 0 saturated carbocycles. The van der Waals surface area contributed by atoms with Crippen molar-refractivity contribution in [1.29, 1.82) is 0 Å². The van der Waals surface area contributed by atoms with Gasteiger partial charge in [-0.15, -0.1) is 0 Å². The zero-order chi connectivity index (χ0) is 17.9. The Morgan fingerprint density at radius 3 is 2.33 bits per heavy atom. The second-order valence-electron chi connectivity index (χ2n) is 6.11. The standard InChI is InChI=1S/C16H23N3O5/c1-11(2)9-18-6-5-17(10-16(18)20)12-7-14(23-3)15(24-4)8-13(12)19(21)22/h7-8,11H,5-6,9-10H2,1-4H3. The van der Waals surface area contributed by atoms with Crippen LogP contribution >= 0.6 is 0 Å². The molecular formula is C16H23N3O5. The first-order valence-electron chi connectivity index (χ1n) is 7.80. The lowest BCUT2D eigenvalue weighted by Crippen LogP contribution is -2.51. The smallest absolute Gasteiger partial charge is 0.296 e. The summed E-state index contributed by atoms with van der Waals surface area (Å²) in [6.07, 6.45) is 0. The molecule has 1 heterocycles. The normalized spacial score (nSPS) is 15.0. The number of nitrogens with zero attached hydrogens (tertiary/aromatic N) is 3. The molecule has 1 aromatic carbocycles. The van der Waals surface area contributed by atoms with Gasteiger partial charge in [-0.25, -0.2) is 0 Å². The number of benzene rings is 1. The molecule has 0 bridgehead atoms. The molecule has 0 unspecified atom stereocenters. The number of rotatable bonds is 6. The van der Waals surface area contributed by atoms with Crippen molar-refractivity contribution in [2.45, 2.75) is 13.8 Å². The summed E-state index contributed by atoms with van der Waals surface area (Å²) >= 11 is 0. The minimum absolute atomic E-state index is 0.0287. The van der Waals surface area contributed by atoms with Gasteiger partial charge in [-0.1, -0.05) is 13.8 Å². The number of anilines is 1. The summed E-state index contributed by atoms with van der Waals surface area (Å²) < 4.78 is 10.4. The molecular weight excluding hydrogens is 314 g/mol. The zero-order valence-corrected chi connectivity index (χ0v) is 14.4. The number of hydrogen-bond donors (Lipinski definition) is 0. The average Bonchev–Trinajstić information content (AvgIpc) is 2.54. The van der Waals surface area contributed by atoms with E-state index in [1.54, 1.807) is 15.9 Å². The van der Waals surface area contributed by atoms with Crippen LogP contribution in [0.4, 0.5) is 11.4 Å². The number of amides is 1. The van der Waals surface area contributed by atoms with Crippen molar-refractivity contribution >= 4 is 17.3 Å². The van der Waals surface area contributed by atoms with E-state index in [0.717, 1.165) is 0 Å². The summed E-state index contributed by atoms with van der Waals surface area (Å²) in [6, 6.07) is 2.89. The number of methoxy groups -OCH3 is 2. The third kappa shape index (κ3) is 3.69. The Morgan fingerprint density at radius 2 is 1.83 bits per heavy atom. The van der Waals surface area contributed by atoms with Crippen LogP contribution in [0.3, 0.4) is 0 Å². The zero-order valence-electron chi connectivity index (χ0n) is 14.4. The van der Waals surface area contributed by atoms with E-state index in [0.29, 0.717) is 37.0 Å². The molecule has 1 aliphatic heterocycles. The Balaban J connectivity index is 2.31. The summed E-state index contributed by atoms with van der Waals surface area (Å²) in [7, 11) is 2.90. The highest BCUT2D eigenvalue weighted by Gasteiger charge is 2.30. The average molecular weight is 337 g/mol. The van der Waals surface area contributed by atoms with Crippen molar-refractivity contribution in [3.8, 4) is 11.5 Å². The summed E-state index contributed by atoms with van der Waals surface area (Å²) in [6.45, 7) is 6.00. The van der Waals surface area contributed by atoms with Crippen LogP contribution in [-0.2, 0) is 4.79 Å². The first kappa shape index (κ1) is 17.8. The Labute approximate surface area is 141 Å². The fourth-order valence-corrected chi connectivity index (χ4v) is 2.80. The Bertz CT molecular complexity index is 632. The van der Waals surface area contributed by atoms with Crippen LogP contribution in [0.15, 0.2) is 12.1 Å². The monoisotopic (exact) mass is 337 g/mol. The summed E-state index contributed by atoms with van der Waals surface area (Å²) in [5.74, 6) is 1.04. The molecule has 0 N–H and O–H groups in total. The summed E-state index contributed by atoms with van der Waals surface area (Å²) in [5.41, 5.74) is 0.271. The van der Waals surface area contributed by atoms with Crippen LogP contribution in [0.5, 0.6) is 11.5 Å². The van der Waals surface area contributed by atoms with Gasteiger partial charge in [0.05, 0.1) is 31.8 Å². The lowest BCUT2D eigenvalue weighted by atomic mass is 10.1. The molecule has 1 saturated heterocycles. The molecule has 0 aliphatic carbocycles. The number of hydrogen-bond acceptors (Lipinski definition) is 6. The second kappa shape index (κ2) is 7.37.